The van der Waals surface area contributed by atoms with Crippen molar-refractivity contribution in [2.24, 2.45) is 5.92 Å². The van der Waals surface area contributed by atoms with E-state index >= 15 is 0 Å². The van der Waals surface area contributed by atoms with Crippen LogP contribution in [0.5, 0.6) is 0 Å². The molecule has 1 aliphatic rings. The van der Waals surface area contributed by atoms with Crippen molar-refractivity contribution in [3.63, 3.8) is 0 Å². The van der Waals surface area contributed by atoms with Gasteiger partial charge < -0.3 is 15.1 Å². The van der Waals surface area contributed by atoms with E-state index in [1.165, 1.54) is 12.1 Å². The van der Waals surface area contributed by atoms with Crippen molar-refractivity contribution in [1.29, 1.82) is 0 Å². The molecule has 0 saturated carbocycles. The van der Waals surface area contributed by atoms with Crippen LogP contribution < -0.4 is 10.2 Å². The van der Waals surface area contributed by atoms with Gasteiger partial charge in [0.15, 0.2) is 0 Å². The highest BCUT2D eigenvalue weighted by Crippen LogP contribution is 2.23. The first kappa shape index (κ1) is 24.1. The van der Waals surface area contributed by atoms with Crippen molar-refractivity contribution >= 4 is 11.9 Å². The number of anilines is 1. The van der Waals surface area contributed by atoms with Crippen molar-refractivity contribution in [3.05, 3.63) is 42.5 Å². The van der Waals surface area contributed by atoms with Gasteiger partial charge in [0.05, 0.1) is 5.92 Å². The van der Waals surface area contributed by atoms with Crippen LogP contribution in [-0.4, -0.2) is 60.0 Å². The lowest BCUT2D eigenvalue weighted by atomic mass is 9.97. The molecule has 1 N–H and O–H groups in total. The van der Waals surface area contributed by atoms with Crippen LogP contribution in [-0.2, 0) is 4.79 Å². The largest absolute Gasteiger partial charge is 0.356 e. The highest BCUT2D eigenvalue weighted by atomic mass is 19.1. The quantitative estimate of drug-likeness (QED) is 0.532. The molecule has 1 fully saturated rings. The zero-order chi connectivity index (χ0) is 22.8. The van der Waals surface area contributed by atoms with Gasteiger partial charge in [-0.05, 0) is 69.4 Å². The summed E-state index contributed by atoms with van der Waals surface area (Å²) in [6, 6.07) is 6.31. The Morgan fingerprint density at radius 1 is 1.09 bits per heavy atom. The lowest BCUT2D eigenvalue weighted by Gasteiger charge is -2.32. The minimum atomic E-state index is -0.261. The van der Waals surface area contributed by atoms with E-state index in [-0.39, 0.29) is 17.6 Å². The van der Waals surface area contributed by atoms with E-state index < -0.39 is 0 Å². The van der Waals surface area contributed by atoms with Gasteiger partial charge >= 0.3 is 0 Å². The van der Waals surface area contributed by atoms with E-state index in [0.29, 0.717) is 12.5 Å². The van der Waals surface area contributed by atoms with Crippen LogP contribution in [0.4, 0.5) is 10.3 Å². The van der Waals surface area contributed by atoms with E-state index in [4.69, 9.17) is 0 Å². The molecule has 0 unspecified atom stereocenters. The SMILES string of the molecule is CCCN(CCC)CCCNC(=O)[C@@H]1CCCN(c2ncc(-c3ccc(F)cc3)cn2)C1. The number of carbonyl (C=O) groups is 1. The van der Waals surface area contributed by atoms with E-state index in [1.807, 2.05) is 0 Å². The molecule has 1 aromatic heterocycles. The fraction of sp³-hybridized carbons (Fsp3) is 0.560. The number of benzene rings is 1. The summed E-state index contributed by atoms with van der Waals surface area (Å²) in [6.07, 6.45) is 8.68. The Balaban J connectivity index is 1.48. The zero-order valence-electron chi connectivity index (χ0n) is 19.4. The maximum Gasteiger partial charge on any atom is 0.225 e. The number of aromatic nitrogens is 2. The molecule has 32 heavy (non-hydrogen) atoms. The molecule has 1 aromatic carbocycles. The molecule has 0 spiro atoms. The van der Waals surface area contributed by atoms with Gasteiger partial charge in [-0.2, -0.15) is 0 Å². The molecular weight excluding hydrogens is 405 g/mol. The number of halogens is 1. The first-order chi connectivity index (χ1) is 15.6. The van der Waals surface area contributed by atoms with Gasteiger partial charge in [0.1, 0.15) is 5.82 Å². The molecule has 6 nitrogen and oxygen atoms in total. The third-order valence-electron chi connectivity index (χ3n) is 5.92. The van der Waals surface area contributed by atoms with Crippen molar-refractivity contribution in [1.82, 2.24) is 20.2 Å². The Morgan fingerprint density at radius 3 is 2.44 bits per heavy atom. The average Bonchev–Trinajstić information content (AvgIpc) is 2.82. The van der Waals surface area contributed by atoms with Crippen molar-refractivity contribution in [2.75, 3.05) is 44.2 Å². The van der Waals surface area contributed by atoms with E-state index in [2.05, 4.69) is 38.9 Å². The molecule has 174 valence electrons. The summed E-state index contributed by atoms with van der Waals surface area (Å²) < 4.78 is 13.1. The van der Waals surface area contributed by atoms with Crippen molar-refractivity contribution in [2.45, 2.75) is 46.0 Å². The summed E-state index contributed by atoms with van der Waals surface area (Å²) in [5.74, 6) is 0.480. The molecule has 0 radical (unpaired) electrons. The molecule has 1 aliphatic heterocycles. The Morgan fingerprint density at radius 2 is 1.78 bits per heavy atom. The van der Waals surface area contributed by atoms with Gasteiger partial charge in [-0.1, -0.05) is 26.0 Å². The molecule has 1 amide bonds. The fourth-order valence-corrected chi connectivity index (χ4v) is 4.28. The molecule has 1 saturated heterocycles. The second-order valence-corrected chi connectivity index (χ2v) is 8.55. The van der Waals surface area contributed by atoms with Crippen LogP contribution in [0.1, 0.15) is 46.0 Å². The summed E-state index contributed by atoms with van der Waals surface area (Å²) in [5, 5.41) is 3.14. The van der Waals surface area contributed by atoms with Crippen molar-refractivity contribution in [3.8, 4) is 11.1 Å². The van der Waals surface area contributed by atoms with Gasteiger partial charge in [-0.25, -0.2) is 14.4 Å². The number of nitrogens with zero attached hydrogens (tertiary/aromatic N) is 4. The minimum Gasteiger partial charge on any atom is -0.356 e. The Labute approximate surface area is 191 Å². The lowest BCUT2D eigenvalue weighted by molar-refractivity contribution is -0.125. The molecule has 2 aromatic rings. The molecule has 2 heterocycles. The molecule has 0 bridgehead atoms. The minimum absolute atomic E-state index is 0.0356. The monoisotopic (exact) mass is 441 g/mol. The first-order valence-electron chi connectivity index (χ1n) is 11.9. The number of nitrogens with one attached hydrogen (secondary N) is 1. The Kier molecular flexibility index (Phi) is 9.41. The van der Waals surface area contributed by atoms with Gasteiger partial charge in [0.25, 0.3) is 0 Å². The summed E-state index contributed by atoms with van der Waals surface area (Å²) >= 11 is 0. The average molecular weight is 442 g/mol. The standard InChI is InChI=1S/C25H36FN5O/c1-3-13-30(14-4-2)15-6-12-27-24(32)21-7-5-16-31(19-21)25-28-17-22(18-29-25)20-8-10-23(26)11-9-20/h8-11,17-18,21H,3-7,12-16,19H2,1-2H3,(H,27,32)/t21-/m1/s1. The van der Waals surface area contributed by atoms with E-state index in [1.54, 1.807) is 24.5 Å². The number of amides is 1. The van der Waals surface area contributed by atoms with Gasteiger partial charge in [0, 0.05) is 37.6 Å². The second-order valence-electron chi connectivity index (χ2n) is 8.55. The van der Waals surface area contributed by atoms with Crippen LogP contribution >= 0.6 is 0 Å². The fourth-order valence-electron chi connectivity index (χ4n) is 4.28. The summed E-state index contributed by atoms with van der Waals surface area (Å²) in [6.45, 7) is 9.91. The molecular formula is C25H36FN5O. The normalized spacial score (nSPS) is 16.4. The van der Waals surface area contributed by atoms with Crippen LogP contribution in [0.3, 0.4) is 0 Å². The summed E-state index contributed by atoms with van der Waals surface area (Å²) in [7, 11) is 0. The van der Waals surface area contributed by atoms with Crippen LogP contribution in [0.15, 0.2) is 36.7 Å². The third-order valence-corrected chi connectivity index (χ3v) is 5.92. The number of hydrogen-bond donors (Lipinski definition) is 1. The van der Waals surface area contributed by atoms with E-state index in [0.717, 1.165) is 76.0 Å². The van der Waals surface area contributed by atoms with Crippen molar-refractivity contribution < 1.29 is 9.18 Å². The predicted molar refractivity (Wildman–Crippen MR) is 127 cm³/mol. The molecule has 7 heteroatoms. The van der Waals surface area contributed by atoms with Crippen LogP contribution in [0.25, 0.3) is 11.1 Å². The number of piperidine rings is 1. The summed E-state index contributed by atoms with van der Waals surface area (Å²) in [5.41, 5.74) is 1.73. The number of hydrogen-bond acceptors (Lipinski definition) is 5. The topological polar surface area (TPSA) is 61.4 Å². The number of carbonyl (C=O) groups excluding carboxylic acids is 1. The molecule has 3 rings (SSSR count). The number of rotatable bonds is 11. The molecule has 0 aliphatic carbocycles. The predicted octanol–water partition coefficient (Wildman–Crippen LogP) is 4.13. The second kappa shape index (κ2) is 12.5. The maximum absolute atomic E-state index is 13.1. The molecule has 1 atom stereocenters. The smallest absolute Gasteiger partial charge is 0.225 e. The third kappa shape index (κ3) is 6.99. The van der Waals surface area contributed by atoms with Gasteiger partial charge in [0.2, 0.25) is 11.9 Å². The van der Waals surface area contributed by atoms with Gasteiger partial charge in [-0.15, -0.1) is 0 Å². The van der Waals surface area contributed by atoms with Crippen LogP contribution in [0.2, 0.25) is 0 Å². The Hall–Kier alpha value is -2.54. The maximum atomic E-state index is 13.1. The zero-order valence-corrected chi connectivity index (χ0v) is 19.4. The Bertz CT molecular complexity index is 821. The first-order valence-corrected chi connectivity index (χ1v) is 11.9. The van der Waals surface area contributed by atoms with E-state index in [9.17, 15) is 9.18 Å². The summed E-state index contributed by atoms with van der Waals surface area (Å²) in [4.78, 5) is 26.3. The van der Waals surface area contributed by atoms with Gasteiger partial charge in [-0.3, -0.25) is 4.79 Å². The highest BCUT2D eigenvalue weighted by Gasteiger charge is 2.27. The van der Waals surface area contributed by atoms with Crippen LogP contribution in [0, 0.1) is 11.7 Å². The lowest BCUT2D eigenvalue weighted by Crippen LogP contribution is -2.44. The highest BCUT2D eigenvalue weighted by molar-refractivity contribution is 5.79.